The van der Waals surface area contributed by atoms with Gasteiger partial charge in [-0.2, -0.15) is 5.26 Å². The second-order valence-electron chi connectivity index (χ2n) is 4.56. The van der Waals surface area contributed by atoms with E-state index in [1.807, 2.05) is 0 Å². The van der Waals surface area contributed by atoms with Crippen LogP contribution in [0.5, 0.6) is 11.5 Å². The van der Waals surface area contributed by atoms with Crippen LogP contribution in [0.1, 0.15) is 29.5 Å². The molecule has 0 unspecified atom stereocenters. The van der Waals surface area contributed by atoms with Gasteiger partial charge in [0.15, 0.2) is 0 Å². The van der Waals surface area contributed by atoms with Gasteiger partial charge < -0.3 is 9.47 Å². The van der Waals surface area contributed by atoms with Gasteiger partial charge in [-0.1, -0.05) is 0 Å². The van der Waals surface area contributed by atoms with E-state index < -0.39 is 0 Å². The predicted molar refractivity (Wildman–Crippen MR) is 63.4 cm³/mol. The van der Waals surface area contributed by atoms with Crippen molar-refractivity contribution in [2.75, 3.05) is 13.2 Å². The summed E-state index contributed by atoms with van der Waals surface area (Å²) < 4.78 is 11.5. The standard InChI is InChI=1S/C14H15NO2/c15-6-5-12-11-4-2-7-16-13(11)9-10-3-1-8-17-14(10)12/h9H,1-5,7-8H2. The minimum atomic E-state index is 0.425. The molecule has 17 heavy (non-hydrogen) atoms. The Kier molecular flexibility index (Phi) is 2.64. The monoisotopic (exact) mass is 229 g/mol. The molecule has 1 aromatic carbocycles. The molecule has 0 aliphatic carbocycles. The molecule has 0 saturated carbocycles. The van der Waals surface area contributed by atoms with Gasteiger partial charge in [0, 0.05) is 11.1 Å². The summed E-state index contributed by atoms with van der Waals surface area (Å²) in [5.41, 5.74) is 3.47. The van der Waals surface area contributed by atoms with Crippen LogP contribution in [-0.2, 0) is 19.3 Å². The van der Waals surface area contributed by atoms with E-state index in [9.17, 15) is 0 Å². The van der Waals surface area contributed by atoms with Crippen molar-refractivity contribution < 1.29 is 9.47 Å². The van der Waals surface area contributed by atoms with Gasteiger partial charge in [-0.25, -0.2) is 0 Å². The third-order valence-electron chi connectivity index (χ3n) is 3.45. The highest BCUT2D eigenvalue weighted by Gasteiger charge is 2.23. The lowest BCUT2D eigenvalue weighted by Crippen LogP contribution is -2.16. The van der Waals surface area contributed by atoms with Crippen molar-refractivity contribution in [3.8, 4) is 17.6 Å². The van der Waals surface area contributed by atoms with Gasteiger partial charge in [0.25, 0.3) is 0 Å². The molecule has 0 fully saturated rings. The van der Waals surface area contributed by atoms with Crippen molar-refractivity contribution >= 4 is 0 Å². The molecule has 2 aliphatic heterocycles. The average Bonchev–Trinajstić information content (AvgIpc) is 2.39. The zero-order chi connectivity index (χ0) is 11.7. The number of benzene rings is 1. The maximum Gasteiger partial charge on any atom is 0.127 e. The van der Waals surface area contributed by atoms with E-state index in [0.717, 1.165) is 56.0 Å². The lowest BCUT2D eigenvalue weighted by atomic mass is 9.92. The molecule has 0 atom stereocenters. The first kappa shape index (κ1) is 10.5. The molecule has 0 saturated heterocycles. The molecule has 88 valence electrons. The summed E-state index contributed by atoms with van der Waals surface area (Å²) in [4.78, 5) is 0. The average molecular weight is 229 g/mol. The van der Waals surface area contributed by atoms with Gasteiger partial charge >= 0.3 is 0 Å². The summed E-state index contributed by atoms with van der Waals surface area (Å²) in [5, 5.41) is 8.98. The maximum absolute atomic E-state index is 8.98. The first-order chi connectivity index (χ1) is 8.40. The van der Waals surface area contributed by atoms with Crippen LogP contribution in [0.15, 0.2) is 6.07 Å². The van der Waals surface area contributed by atoms with Crippen molar-refractivity contribution in [3.05, 3.63) is 22.8 Å². The van der Waals surface area contributed by atoms with Crippen molar-refractivity contribution in [2.24, 2.45) is 0 Å². The van der Waals surface area contributed by atoms with E-state index in [-0.39, 0.29) is 0 Å². The van der Waals surface area contributed by atoms with Gasteiger partial charge in [-0.3, -0.25) is 0 Å². The summed E-state index contributed by atoms with van der Waals surface area (Å²) in [6.45, 7) is 1.56. The van der Waals surface area contributed by atoms with Crippen molar-refractivity contribution in [2.45, 2.75) is 32.1 Å². The number of fused-ring (bicyclic) bond motifs is 2. The van der Waals surface area contributed by atoms with Crippen molar-refractivity contribution in [1.82, 2.24) is 0 Å². The van der Waals surface area contributed by atoms with Crippen LogP contribution in [0.3, 0.4) is 0 Å². The Morgan fingerprint density at radius 2 is 2.00 bits per heavy atom. The third-order valence-corrected chi connectivity index (χ3v) is 3.45. The normalized spacial score (nSPS) is 17.1. The van der Waals surface area contributed by atoms with Gasteiger partial charge in [0.1, 0.15) is 11.5 Å². The highest BCUT2D eigenvalue weighted by atomic mass is 16.5. The van der Waals surface area contributed by atoms with Crippen LogP contribution < -0.4 is 9.47 Å². The highest BCUT2D eigenvalue weighted by Crippen LogP contribution is 2.39. The minimum absolute atomic E-state index is 0.425. The lowest BCUT2D eigenvalue weighted by Gasteiger charge is -2.26. The van der Waals surface area contributed by atoms with E-state index in [4.69, 9.17) is 14.7 Å². The summed E-state index contributed by atoms with van der Waals surface area (Å²) in [6.07, 6.45) is 4.55. The topological polar surface area (TPSA) is 42.2 Å². The third kappa shape index (κ3) is 1.74. The van der Waals surface area contributed by atoms with Gasteiger partial charge in [0.05, 0.1) is 25.7 Å². The molecule has 1 aromatic rings. The Morgan fingerprint density at radius 3 is 2.88 bits per heavy atom. The first-order valence-electron chi connectivity index (χ1n) is 6.20. The molecule has 0 aromatic heterocycles. The fourth-order valence-electron chi connectivity index (χ4n) is 2.69. The Bertz CT molecular complexity index is 454. The summed E-state index contributed by atoms with van der Waals surface area (Å²) in [7, 11) is 0. The van der Waals surface area contributed by atoms with E-state index in [1.54, 1.807) is 0 Å². The van der Waals surface area contributed by atoms with E-state index in [1.165, 1.54) is 11.1 Å². The Hall–Kier alpha value is -1.69. The number of hydrogen-bond acceptors (Lipinski definition) is 3. The first-order valence-corrected chi connectivity index (χ1v) is 6.20. The Balaban J connectivity index is 2.16. The SMILES string of the molecule is N#CCc1c2c(cc3c1OCCC3)OCCC2. The molecule has 3 nitrogen and oxygen atoms in total. The molecule has 0 spiro atoms. The maximum atomic E-state index is 8.98. The van der Waals surface area contributed by atoms with E-state index in [2.05, 4.69) is 12.1 Å². The summed E-state index contributed by atoms with van der Waals surface area (Å²) in [6, 6.07) is 4.36. The molecule has 0 bridgehead atoms. The predicted octanol–water partition coefficient (Wildman–Crippen LogP) is 2.40. The zero-order valence-corrected chi connectivity index (χ0v) is 9.79. The fraction of sp³-hybridized carbons (Fsp3) is 0.500. The fourth-order valence-corrected chi connectivity index (χ4v) is 2.69. The van der Waals surface area contributed by atoms with Crippen LogP contribution >= 0.6 is 0 Å². The summed E-state index contributed by atoms with van der Waals surface area (Å²) in [5.74, 6) is 1.94. The number of rotatable bonds is 1. The Morgan fingerprint density at radius 1 is 1.18 bits per heavy atom. The van der Waals surface area contributed by atoms with Crippen LogP contribution in [0, 0.1) is 11.3 Å². The minimum Gasteiger partial charge on any atom is -0.493 e. The van der Waals surface area contributed by atoms with Crippen LogP contribution in [0.4, 0.5) is 0 Å². The van der Waals surface area contributed by atoms with E-state index in [0.29, 0.717) is 6.42 Å². The second kappa shape index (κ2) is 4.29. The van der Waals surface area contributed by atoms with Gasteiger partial charge in [0.2, 0.25) is 0 Å². The quantitative estimate of drug-likeness (QED) is 0.742. The molecule has 0 radical (unpaired) electrons. The number of aryl methyl sites for hydroxylation is 1. The molecule has 3 rings (SSSR count). The zero-order valence-electron chi connectivity index (χ0n) is 9.79. The molecule has 3 heteroatoms. The van der Waals surface area contributed by atoms with Gasteiger partial charge in [-0.05, 0) is 37.3 Å². The lowest BCUT2D eigenvalue weighted by molar-refractivity contribution is 0.270. The van der Waals surface area contributed by atoms with Gasteiger partial charge in [-0.15, -0.1) is 0 Å². The highest BCUT2D eigenvalue weighted by molar-refractivity contribution is 5.56. The molecule has 2 heterocycles. The number of nitriles is 1. The van der Waals surface area contributed by atoms with Crippen LogP contribution in [-0.4, -0.2) is 13.2 Å². The molecular formula is C14H15NO2. The number of hydrogen-bond donors (Lipinski definition) is 0. The largest absolute Gasteiger partial charge is 0.493 e. The molecule has 2 aliphatic rings. The summed E-state index contributed by atoms with van der Waals surface area (Å²) >= 11 is 0. The Labute approximate surface area is 101 Å². The second-order valence-corrected chi connectivity index (χ2v) is 4.56. The molecular weight excluding hydrogens is 214 g/mol. The van der Waals surface area contributed by atoms with Crippen LogP contribution in [0.25, 0.3) is 0 Å². The van der Waals surface area contributed by atoms with Crippen molar-refractivity contribution in [3.63, 3.8) is 0 Å². The van der Waals surface area contributed by atoms with Crippen LogP contribution in [0.2, 0.25) is 0 Å². The number of nitrogens with zero attached hydrogens (tertiary/aromatic N) is 1. The van der Waals surface area contributed by atoms with Crippen molar-refractivity contribution in [1.29, 1.82) is 5.26 Å². The van der Waals surface area contributed by atoms with E-state index >= 15 is 0 Å². The smallest absolute Gasteiger partial charge is 0.127 e. The number of ether oxygens (including phenoxy) is 2. The molecule has 0 amide bonds. The molecule has 0 N–H and O–H groups in total.